The van der Waals surface area contributed by atoms with Gasteiger partial charge >= 0.3 is 19.8 Å². The fraction of sp³-hybridized carbons (Fsp3) is 0.833. The van der Waals surface area contributed by atoms with E-state index in [1.807, 2.05) is 0 Å². The summed E-state index contributed by atoms with van der Waals surface area (Å²) in [6.07, 6.45) is 30.5. The van der Waals surface area contributed by atoms with Gasteiger partial charge in [0.05, 0.1) is 6.61 Å². The summed E-state index contributed by atoms with van der Waals surface area (Å²) in [5.41, 5.74) is 0. The monoisotopic (exact) mass is 903 g/mol. The van der Waals surface area contributed by atoms with Crippen molar-refractivity contribution in [1.29, 1.82) is 0 Å². The average Bonchev–Trinajstić information content (AvgIpc) is 3.25. The van der Waals surface area contributed by atoms with Crippen LogP contribution < -0.4 is 0 Å². The fourth-order valence-electron chi connectivity index (χ4n) is 7.29. The van der Waals surface area contributed by atoms with Crippen molar-refractivity contribution in [2.75, 3.05) is 13.2 Å². The number of unbranched alkanes of at least 4 members (excludes halogenated alkanes) is 22. The first-order valence-electron chi connectivity index (χ1n) is 24.3. The molecule has 1 rings (SSSR count). The highest BCUT2D eigenvalue weighted by Gasteiger charge is 2.51. The highest BCUT2D eigenvalue weighted by molar-refractivity contribution is 7.47. The fourth-order valence-corrected chi connectivity index (χ4v) is 8.27. The SMILES string of the molecule is CCCCC/C=C\C/C=C\C/C=C\CCCCCCC(=O)O[C@H](COC(=O)CCCCCCCCCCCCCCCCCC)COP(=O)(O)OC1C(O)C(O)C(O)[C@@H](O)C1O. The Morgan fingerprint density at radius 2 is 0.871 bits per heavy atom. The second-order valence-electron chi connectivity index (χ2n) is 17.0. The van der Waals surface area contributed by atoms with E-state index in [0.29, 0.717) is 12.8 Å². The van der Waals surface area contributed by atoms with E-state index in [-0.39, 0.29) is 12.8 Å². The number of phosphoric ester groups is 1. The van der Waals surface area contributed by atoms with Gasteiger partial charge < -0.3 is 39.9 Å². The Bertz CT molecular complexity index is 1230. The molecule has 0 aliphatic heterocycles. The lowest BCUT2D eigenvalue weighted by Crippen LogP contribution is -2.64. The molecular weight excluding hydrogens is 815 g/mol. The molecule has 0 spiro atoms. The molecule has 6 N–H and O–H groups in total. The van der Waals surface area contributed by atoms with Crippen molar-refractivity contribution in [1.82, 2.24) is 0 Å². The van der Waals surface area contributed by atoms with Crippen LogP contribution in [0.1, 0.15) is 200 Å². The van der Waals surface area contributed by atoms with Crippen molar-refractivity contribution in [3.63, 3.8) is 0 Å². The maximum Gasteiger partial charge on any atom is 0.472 e. The molecular formula is C48H87O13P. The molecule has 13 nitrogen and oxygen atoms in total. The van der Waals surface area contributed by atoms with Crippen LogP contribution in [0, 0.1) is 0 Å². The predicted octanol–water partition coefficient (Wildman–Crippen LogP) is 9.78. The number of carbonyl (C=O) groups is 2. The number of hydrogen-bond acceptors (Lipinski definition) is 12. The second kappa shape index (κ2) is 38.3. The van der Waals surface area contributed by atoms with E-state index in [0.717, 1.165) is 64.2 Å². The predicted molar refractivity (Wildman–Crippen MR) is 244 cm³/mol. The van der Waals surface area contributed by atoms with Crippen molar-refractivity contribution >= 4 is 19.8 Å². The van der Waals surface area contributed by atoms with Gasteiger partial charge in [0.2, 0.25) is 0 Å². The third kappa shape index (κ3) is 30.3. The second-order valence-corrected chi connectivity index (χ2v) is 18.4. The standard InChI is InChI=1S/C48H87O13P/c1-3-5-7-9-11-13-15-17-19-21-23-25-27-29-31-33-35-37-42(50)60-40(39-59-62(56,57)61-48-46(54)44(52)43(51)45(53)47(48)55)38-58-41(49)36-34-32-30-28-26-24-22-20-18-16-14-12-10-8-6-4-2/h11,13,17,19,23,25,40,43-48,51-55H,3-10,12,14-16,18,20-22,24,26-39H2,1-2H3,(H,56,57)/b13-11-,19-17-,25-23-/t40-,43?,44-,45?,46?,47?,48?/m1/s1. The third-order valence-electron chi connectivity index (χ3n) is 11.2. The molecule has 8 atom stereocenters. The van der Waals surface area contributed by atoms with Gasteiger partial charge in [-0.1, -0.05) is 172 Å². The van der Waals surface area contributed by atoms with Crippen LogP contribution in [0.3, 0.4) is 0 Å². The summed E-state index contributed by atoms with van der Waals surface area (Å²) < 4.78 is 33.6. The summed E-state index contributed by atoms with van der Waals surface area (Å²) in [5, 5.41) is 50.2. The molecule has 1 saturated carbocycles. The van der Waals surface area contributed by atoms with E-state index in [1.165, 1.54) is 96.3 Å². The normalized spacial score (nSPS) is 22.1. The quantitative estimate of drug-likeness (QED) is 0.0147. The zero-order valence-corrected chi connectivity index (χ0v) is 39.3. The molecule has 1 fully saturated rings. The molecule has 6 unspecified atom stereocenters. The van der Waals surface area contributed by atoms with E-state index < -0.39 is 75.7 Å². The van der Waals surface area contributed by atoms with E-state index >= 15 is 0 Å². The molecule has 62 heavy (non-hydrogen) atoms. The molecule has 14 heteroatoms. The number of allylic oxidation sites excluding steroid dienone is 6. The topological polar surface area (TPSA) is 210 Å². The summed E-state index contributed by atoms with van der Waals surface area (Å²) in [7, 11) is -5.12. The average molecular weight is 903 g/mol. The minimum atomic E-state index is -5.12. The van der Waals surface area contributed by atoms with Crippen molar-refractivity contribution in [2.24, 2.45) is 0 Å². The number of ether oxygens (including phenoxy) is 2. The molecule has 362 valence electrons. The molecule has 0 amide bonds. The van der Waals surface area contributed by atoms with Gasteiger partial charge in [0.15, 0.2) is 6.10 Å². The van der Waals surface area contributed by atoms with Gasteiger partial charge in [0.1, 0.15) is 43.2 Å². The summed E-state index contributed by atoms with van der Waals surface area (Å²) >= 11 is 0. The van der Waals surface area contributed by atoms with Crippen LogP contribution >= 0.6 is 7.82 Å². The minimum absolute atomic E-state index is 0.0726. The summed E-state index contributed by atoms with van der Waals surface area (Å²) in [5.74, 6) is -1.12. The maximum absolute atomic E-state index is 12.8. The van der Waals surface area contributed by atoms with Crippen LogP contribution in [0.15, 0.2) is 36.5 Å². The van der Waals surface area contributed by atoms with Gasteiger partial charge in [-0.15, -0.1) is 0 Å². The molecule has 0 aromatic carbocycles. The van der Waals surface area contributed by atoms with Crippen LogP contribution in [0.4, 0.5) is 0 Å². The summed E-state index contributed by atoms with van der Waals surface area (Å²) in [6, 6.07) is 0. The Hall–Kier alpha value is -1.93. The number of aliphatic hydroxyl groups is 5. The van der Waals surface area contributed by atoms with E-state index in [4.69, 9.17) is 18.5 Å². The van der Waals surface area contributed by atoms with Gasteiger partial charge in [0.25, 0.3) is 0 Å². The number of hydrogen-bond donors (Lipinski definition) is 6. The van der Waals surface area contributed by atoms with E-state index in [2.05, 4.69) is 50.3 Å². The summed E-state index contributed by atoms with van der Waals surface area (Å²) in [4.78, 5) is 35.7. The number of aliphatic hydroxyl groups excluding tert-OH is 5. The number of carbonyl (C=O) groups excluding carboxylic acids is 2. The van der Waals surface area contributed by atoms with Gasteiger partial charge in [-0.25, -0.2) is 4.57 Å². The van der Waals surface area contributed by atoms with E-state index in [9.17, 15) is 44.6 Å². The first-order valence-corrected chi connectivity index (χ1v) is 25.8. The highest BCUT2D eigenvalue weighted by Crippen LogP contribution is 2.47. The smallest absolute Gasteiger partial charge is 0.462 e. The van der Waals surface area contributed by atoms with Crippen molar-refractivity contribution in [2.45, 2.75) is 243 Å². The highest BCUT2D eigenvalue weighted by atomic mass is 31.2. The largest absolute Gasteiger partial charge is 0.472 e. The minimum Gasteiger partial charge on any atom is -0.462 e. The molecule has 0 bridgehead atoms. The van der Waals surface area contributed by atoms with Crippen LogP contribution in [0.2, 0.25) is 0 Å². The van der Waals surface area contributed by atoms with Crippen LogP contribution in [-0.2, 0) is 32.7 Å². The van der Waals surface area contributed by atoms with Gasteiger partial charge in [-0.3, -0.25) is 18.6 Å². The van der Waals surface area contributed by atoms with Gasteiger partial charge in [-0.2, -0.15) is 0 Å². The van der Waals surface area contributed by atoms with E-state index in [1.54, 1.807) is 0 Å². The Balaban J connectivity index is 2.45. The van der Waals surface area contributed by atoms with Crippen molar-refractivity contribution in [3.05, 3.63) is 36.5 Å². The van der Waals surface area contributed by atoms with Crippen molar-refractivity contribution in [3.8, 4) is 0 Å². The lowest BCUT2D eigenvalue weighted by atomic mass is 9.85. The lowest BCUT2D eigenvalue weighted by Gasteiger charge is -2.41. The molecule has 0 aromatic rings. The molecule has 0 saturated heterocycles. The van der Waals surface area contributed by atoms with Crippen LogP contribution in [0.5, 0.6) is 0 Å². The van der Waals surface area contributed by atoms with Crippen LogP contribution in [-0.4, -0.2) is 98.3 Å². The molecule has 0 heterocycles. The first-order chi connectivity index (χ1) is 29.9. The Labute approximate surface area is 374 Å². The zero-order chi connectivity index (χ0) is 45.7. The van der Waals surface area contributed by atoms with Gasteiger partial charge in [-0.05, 0) is 51.4 Å². The lowest BCUT2D eigenvalue weighted by molar-refractivity contribution is -0.220. The maximum atomic E-state index is 12.8. The molecule has 1 aliphatic carbocycles. The Morgan fingerprint density at radius 3 is 1.35 bits per heavy atom. The number of phosphoric acid groups is 1. The Morgan fingerprint density at radius 1 is 0.500 bits per heavy atom. The van der Waals surface area contributed by atoms with Crippen molar-refractivity contribution < 1.29 is 63.1 Å². The Kier molecular flexibility index (Phi) is 35.9. The van der Waals surface area contributed by atoms with Crippen LogP contribution in [0.25, 0.3) is 0 Å². The zero-order valence-electron chi connectivity index (χ0n) is 38.4. The number of esters is 2. The van der Waals surface area contributed by atoms with Gasteiger partial charge in [0, 0.05) is 12.8 Å². The first kappa shape index (κ1) is 58.1. The number of rotatable bonds is 40. The summed E-state index contributed by atoms with van der Waals surface area (Å²) in [6.45, 7) is 3.27. The molecule has 1 aliphatic rings. The molecule has 0 radical (unpaired) electrons. The molecule has 0 aromatic heterocycles. The third-order valence-corrected chi connectivity index (χ3v) is 12.2.